The van der Waals surface area contributed by atoms with Crippen molar-refractivity contribution in [3.8, 4) is 5.75 Å². The Labute approximate surface area is 240 Å². The number of ether oxygens (including phenoxy) is 1. The van der Waals surface area contributed by atoms with Gasteiger partial charge in [0.1, 0.15) is 17.3 Å². The van der Waals surface area contributed by atoms with Crippen molar-refractivity contribution in [3.63, 3.8) is 0 Å². The van der Waals surface area contributed by atoms with Crippen molar-refractivity contribution in [1.82, 2.24) is 9.80 Å². The van der Waals surface area contributed by atoms with Crippen molar-refractivity contribution in [1.29, 1.82) is 0 Å². The number of rotatable bonds is 7. The van der Waals surface area contributed by atoms with Crippen LogP contribution < -0.4 is 15.8 Å². The quantitative estimate of drug-likeness (QED) is 0.509. The molecule has 2 aromatic carbocycles. The van der Waals surface area contributed by atoms with Gasteiger partial charge in [0.25, 0.3) is 5.91 Å². The Morgan fingerprint density at radius 2 is 1.92 bits per heavy atom. The number of hydrogen-bond acceptors (Lipinski definition) is 6. The van der Waals surface area contributed by atoms with Crippen LogP contribution in [0, 0.1) is 0 Å². The minimum absolute atomic E-state index is 0.124. The zero-order valence-electron chi connectivity index (χ0n) is 21.0. The summed E-state index contributed by atoms with van der Waals surface area (Å²) in [6.07, 6.45) is 2.50. The molecule has 0 aliphatic carbocycles. The van der Waals surface area contributed by atoms with E-state index < -0.39 is 17.5 Å². The average Bonchev–Trinajstić information content (AvgIpc) is 3.45. The molecule has 9 nitrogen and oxygen atoms in total. The van der Waals surface area contributed by atoms with Gasteiger partial charge in [-0.1, -0.05) is 35.3 Å². The van der Waals surface area contributed by atoms with Crippen LogP contribution in [0.1, 0.15) is 31.2 Å². The Hall–Kier alpha value is -2.95. The molecule has 3 aliphatic rings. The summed E-state index contributed by atoms with van der Waals surface area (Å²) in [5.74, 6) is -0.0388. The third-order valence-electron chi connectivity index (χ3n) is 7.46. The third-order valence-corrected chi connectivity index (χ3v) is 9.24. The molecular weight excluding hydrogens is 563 g/mol. The van der Waals surface area contributed by atoms with Crippen LogP contribution in [0.4, 0.5) is 5.69 Å². The first kappa shape index (κ1) is 27.6. The number of nitrogens with one attached hydrogen (secondary N) is 1. The molecule has 0 aromatic heterocycles. The molecule has 5 rings (SSSR count). The van der Waals surface area contributed by atoms with Gasteiger partial charge in [-0.15, -0.1) is 11.8 Å². The van der Waals surface area contributed by atoms with E-state index in [4.69, 9.17) is 33.7 Å². The zero-order valence-corrected chi connectivity index (χ0v) is 23.4. The zero-order chi connectivity index (χ0) is 27.7. The highest BCUT2D eigenvalue weighted by molar-refractivity contribution is 7.99. The van der Waals surface area contributed by atoms with E-state index in [9.17, 15) is 19.2 Å². The van der Waals surface area contributed by atoms with Crippen LogP contribution in [-0.2, 0) is 25.6 Å². The fraction of sp³-hybridized carbons (Fsp3) is 0.407. The number of halogens is 2. The molecule has 0 bridgehead atoms. The van der Waals surface area contributed by atoms with E-state index in [1.807, 2.05) is 0 Å². The lowest BCUT2D eigenvalue weighted by Gasteiger charge is -2.36. The molecule has 3 aliphatic heterocycles. The van der Waals surface area contributed by atoms with Gasteiger partial charge in [0.15, 0.2) is 6.61 Å². The number of carbonyl (C=O) groups excluding carboxylic acids is 4. The maximum absolute atomic E-state index is 13.6. The van der Waals surface area contributed by atoms with Crippen molar-refractivity contribution in [2.75, 3.05) is 24.2 Å². The number of nitrogens with two attached hydrogens (primary N) is 1. The van der Waals surface area contributed by atoms with Crippen LogP contribution in [-0.4, -0.2) is 69.3 Å². The second kappa shape index (κ2) is 11.3. The van der Waals surface area contributed by atoms with Gasteiger partial charge >= 0.3 is 0 Å². The maximum Gasteiger partial charge on any atom is 0.262 e. The van der Waals surface area contributed by atoms with E-state index in [1.54, 1.807) is 58.0 Å². The van der Waals surface area contributed by atoms with Gasteiger partial charge in [-0.25, -0.2) is 0 Å². The lowest BCUT2D eigenvalue weighted by Crippen LogP contribution is -2.57. The summed E-state index contributed by atoms with van der Waals surface area (Å²) >= 11 is 13.6. The van der Waals surface area contributed by atoms with E-state index in [2.05, 4.69) is 5.32 Å². The monoisotopic (exact) mass is 590 g/mol. The van der Waals surface area contributed by atoms with E-state index in [0.717, 1.165) is 17.7 Å². The number of carbonyl (C=O) groups is 4. The van der Waals surface area contributed by atoms with Crippen molar-refractivity contribution < 1.29 is 23.9 Å². The molecule has 12 heteroatoms. The summed E-state index contributed by atoms with van der Waals surface area (Å²) < 4.78 is 5.46. The van der Waals surface area contributed by atoms with E-state index in [-0.39, 0.29) is 36.1 Å². The Kier molecular flexibility index (Phi) is 7.98. The SMILES string of the molecule is NC(=O)[C@@H]1CCS[C@H]2C[C@@]3(CCCN3C(=O)Cc3ccc(NC(=O)COc4ccc(Cl)cc4Cl)cc3)C(=O)N21. The van der Waals surface area contributed by atoms with Crippen LogP contribution >= 0.6 is 35.0 Å². The first-order valence-electron chi connectivity index (χ1n) is 12.7. The fourth-order valence-electron chi connectivity index (χ4n) is 5.65. The van der Waals surface area contributed by atoms with Crippen molar-refractivity contribution in [2.45, 2.75) is 49.1 Å². The Bertz CT molecular complexity index is 1310. The van der Waals surface area contributed by atoms with E-state index in [0.29, 0.717) is 47.3 Å². The maximum atomic E-state index is 13.6. The summed E-state index contributed by atoms with van der Waals surface area (Å²) in [6.45, 7) is 0.266. The Morgan fingerprint density at radius 1 is 1.15 bits per heavy atom. The number of amides is 4. The molecule has 3 saturated heterocycles. The lowest BCUT2D eigenvalue weighted by molar-refractivity contribution is -0.148. The molecule has 2 aromatic rings. The summed E-state index contributed by atoms with van der Waals surface area (Å²) in [5, 5.41) is 3.39. The molecule has 206 valence electrons. The van der Waals surface area contributed by atoms with Crippen molar-refractivity contribution >= 4 is 64.3 Å². The van der Waals surface area contributed by atoms with Crippen LogP contribution in [0.2, 0.25) is 10.0 Å². The third kappa shape index (κ3) is 5.55. The van der Waals surface area contributed by atoms with Gasteiger partial charge in [0, 0.05) is 23.7 Å². The number of fused-ring (bicyclic) bond motifs is 1. The molecule has 4 amide bonds. The summed E-state index contributed by atoms with van der Waals surface area (Å²) in [4.78, 5) is 54.7. The summed E-state index contributed by atoms with van der Waals surface area (Å²) in [7, 11) is 0. The van der Waals surface area contributed by atoms with Gasteiger partial charge < -0.3 is 25.6 Å². The number of thioether (sulfide) groups is 1. The Morgan fingerprint density at radius 3 is 2.64 bits per heavy atom. The second-order valence-corrected chi connectivity index (χ2v) is 12.0. The standard InChI is InChI=1S/C27H28Cl2N4O5S/c28-17-4-7-21(19(29)13-17)38-15-22(34)31-18-5-2-16(3-6-18)12-23(35)32-10-1-9-27(32)14-24-33(26(27)37)20(25(30)36)8-11-39-24/h2-7,13,20,24H,1,8-12,14-15H2,(H2,30,36)(H,31,34)/t20-,24-,27-/m0/s1. The largest absolute Gasteiger partial charge is 0.482 e. The number of anilines is 1. The minimum atomic E-state index is -0.909. The number of nitrogens with zero attached hydrogens (tertiary/aromatic N) is 2. The molecule has 3 heterocycles. The van der Waals surface area contributed by atoms with Crippen LogP contribution in [0.3, 0.4) is 0 Å². The average molecular weight is 592 g/mol. The smallest absolute Gasteiger partial charge is 0.262 e. The fourth-order valence-corrected chi connectivity index (χ4v) is 7.54. The number of hydrogen-bond donors (Lipinski definition) is 2. The first-order valence-corrected chi connectivity index (χ1v) is 14.5. The normalized spacial score (nSPS) is 24.1. The van der Waals surface area contributed by atoms with E-state index in [1.165, 1.54) is 6.07 Å². The first-order chi connectivity index (χ1) is 18.7. The number of benzene rings is 2. The molecular formula is C27H28Cl2N4O5S. The van der Waals surface area contributed by atoms with Crippen LogP contribution in [0.25, 0.3) is 0 Å². The lowest BCUT2D eigenvalue weighted by atomic mass is 9.93. The molecule has 3 fully saturated rings. The predicted molar refractivity (Wildman–Crippen MR) is 150 cm³/mol. The molecule has 39 heavy (non-hydrogen) atoms. The molecule has 0 saturated carbocycles. The predicted octanol–water partition coefficient (Wildman–Crippen LogP) is 3.46. The van der Waals surface area contributed by atoms with E-state index >= 15 is 0 Å². The Balaban J connectivity index is 1.19. The summed E-state index contributed by atoms with van der Waals surface area (Å²) in [5.41, 5.74) is 6.00. The van der Waals surface area contributed by atoms with Crippen LogP contribution in [0.5, 0.6) is 5.75 Å². The number of likely N-dealkylation sites (tertiary alicyclic amines) is 1. The van der Waals surface area contributed by atoms with Gasteiger partial charge in [0.2, 0.25) is 17.7 Å². The van der Waals surface area contributed by atoms with Gasteiger partial charge in [-0.05, 0) is 60.9 Å². The minimum Gasteiger partial charge on any atom is -0.482 e. The highest BCUT2D eigenvalue weighted by Crippen LogP contribution is 2.48. The topological polar surface area (TPSA) is 122 Å². The molecule has 1 spiro atoms. The van der Waals surface area contributed by atoms with Crippen LogP contribution in [0.15, 0.2) is 42.5 Å². The van der Waals surface area contributed by atoms with Gasteiger partial charge in [-0.3, -0.25) is 19.2 Å². The second-order valence-electron chi connectivity index (χ2n) is 9.91. The highest BCUT2D eigenvalue weighted by atomic mass is 35.5. The highest BCUT2D eigenvalue weighted by Gasteiger charge is 2.61. The number of primary amides is 1. The summed E-state index contributed by atoms with van der Waals surface area (Å²) in [6, 6.07) is 11.1. The molecule has 3 N–H and O–H groups in total. The molecule has 0 unspecified atom stereocenters. The molecule has 3 atom stereocenters. The van der Waals surface area contributed by atoms with Gasteiger partial charge in [0.05, 0.1) is 16.8 Å². The van der Waals surface area contributed by atoms with Crippen molar-refractivity contribution in [2.24, 2.45) is 5.73 Å². The molecule has 0 radical (unpaired) electrons. The van der Waals surface area contributed by atoms with Gasteiger partial charge in [-0.2, -0.15) is 0 Å². The van der Waals surface area contributed by atoms with Crippen molar-refractivity contribution in [3.05, 3.63) is 58.1 Å².